The molecule has 0 unspecified atom stereocenters. The number of hydrogen-bond donors (Lipinski definition) is 2. The van der Waals surface area contributed by atoms with Crippen molar-refractivity contribution in [2.75, 3.05) is 25.1 Å². The van der Waals surface area contributed by atoms with Gasteiger partial charge in [0.15, 0.2) is 6.61 Å². The maximum absolute atomic E-state index is 12.1. The molecule has 0 spiro atoms. The zero-order valence-corrected chi connectivity index (χ0v) is 14.2. The van der Waals surface area contributed by atoms with Gasteiger partial charge in [0.25, 0.3) is 0 Å². The van der Waals surface area contributed by atoms with Crippen molar-refractivity contribution in [1.29, 1.82) is 0 Å². The molecule has 26 heavy (non-hydrogen) atoms. The Morgan fingerprint density at radius 3 is 2.42 bits per heavy atom. The van der Waals surface area contributed by atoms with Crippen LogP contribution in [-0.4, -0.2) is 32.0 Å². The number of benzene rings is 2. The monoisotopic (exact) mass is 388 g/mol. The summed E-state index contributed by atoms with van der Waals surface area (Å²) in [6.45, 7) is -0.950. The number of anilines is 1. The smallest absolute Gasteiger partial charge is 0.422 e. The van der Waals surface area contributed by atoms with Gasteiger partial charge >= 0.3 is 12.2 Å². The molecule has 2 N–H and O–H groups in total. The summed E-state index contributed by atoms with van der Waals surface area (Å²) >= 11 is 5.83. The van der Waals surface area contributed by atoms with Crippen LogP contribution in [-0.2, 0) is 0 Å². The predicted molar refractivity (Wildman–Crippen MR) is 92.0 cm³/mol. The first-order chi connectivity index (χ1) is 12.3. The van der Waals surface area contributed by atoms with E-state index in [1.54, 1.807) is 24.3 Å². The number of amides is 2. The van der Waals surface area contributed by atoms with Gasteiger partial charge in [0, 0.05) is 16.8 Å². The molecule has 0 bridgehead atoms. The molecule has 0 heterocycles. The fraction of sp³-hybridized carbons (Fsp3) is 0.235. The molecule has 0 fully saturated rings. The maximum Gasteiger partial charge on any atom is 0.422 e. The Balaban J connectivity index is 1.73. The minimum Gasteiger partial charge on any atom is -0.492 e. The van der Waals surface area contributed by atoms with Crippen LogP contribution < -0.4 is 20.1 Å². The third kappa shape index (κ3) is 7.52. The van der Waals surface area contributed by atoms with Gasteiger partial charge < -0.3 is 20.1 Å². The fourth-order valence-corrected chi connectivity index (χ4v) is 2.07. The SMILES string of the molecule is O=C(NCCOc1cccc(Cl)c1)Nc1cccc(OCC(F)(F)F)c1. The summed E-state index contributed by atoms with van der Waals surface area (Å²) in [6.07, 6.45) is -4.43. The topological polar surface area (TPSA) is 59.6 Å². The Morgan fingerprint density at radius 2 is 1.73 bits per heavy atom. The Morgan fingerprint density at radius 1 is 1.04 bits per heavy atom. The maximum atomic E-state index is 12.1. The summed E-state index contributed by atoms with van der Waals surface area (Å²) in [6, 6.07) is 12.0. The number of nitrogens with one attached hydrogen (secondary N) is 2. The third-order valence-corrected chi connectivity index (χ3v) is 3.18. The summed E-state index contributed by atoms with van der Waals surface area (Å²) in [5, 5.41) is 5.60. The lowest BCUT2D eigenvalue weighted by atomic mass is 10.3. The molecule has 2 amide bonds. The van der Waals surface area contributed by atoms with Gasteiger partial charge in [0.05, 0.1) is 6.54 Å². The van der Waals surface area contributed by atoms with Gasteiger partial charge in [-0.15, -0.1) is 0 Å². The van der Waals surface area contributed by atoms with Crippen molar-refractivity contribution < 1.29 is 27.4 Å². The highest BCUT2D eigenvalue weighted by molar-refractivity contribution is 6.30. The van der Waals surface area contributed by atoms with Crippen molar-refractivity contribution in [1.82, 2.24) is 5.32 Å². The number of hydrogen-bond acceptors (Lipinski definition) is 3. The van der Waals surface area contributed by atoms with E-state index in [4.69, 9.17) is 16.3 Å². The number of carbonyl (C=O) groups excluding carboxylic acids is 1. The molecular formula is C17H16ClF3N2O3. The Hall–Kier alpha value is -2.61. The van der Waals surface area contributed by atoms with Crippen molar-refractivity contribution in [2.24, 2.45) is 0 Å². The molecule has 0 saturated carbocycles. The summed E-state index contributed by atoms with van der Waals surface area (Å²) in [5.41, 5.74) is 0.304. The molecule has 0 saturated heterocycles. The Labute approximate surface area is 153 Å². The first kappa shape index (κ1) is 19.7. The van der Waals surface area contributed by atoms with Crippen LogP contribution in [0.5, 0.6) is 11.5 Å². The predicted octanol–water partition coefficient (Wildman–Crippen LogP) is 4.48. The van der Waals surface area contributed by atoms with Crippen LogP contribution >= 0.6 is 11.6 Å². The lowest BCUT2D eigenvalue weighted by Gasteiger charge is -2.12. The fourth-order valence-electron chi connectivity index (χ4n) is 1.89. The van der Waals surface area contributed by atoms with Crippen LogP contribution in [0.1, 0.15) is 0 Å². The normalized spacial score (nSPS) is 10.9. The quantitative estimate of drug-likeness (QED) is 0.687. The molecule has 2 rings (SSSR count). The number of alkyl halides is 3. The van der Waals surface area contributed by atoms with E-state index in [-0.39, 0.29) is 18.9 Å². The van der Waals surface area contributed by atoms with Crippen molar-refractivity contribution >= 4 is 23.3 Å². The second-order valence-corrected chi connectivity index (χ2v) is 5.55. The molecule has 0 aliphatic carbocycles. The molecule has 5 nitrogen and oxygen atoms in total. The lowest BCUT2D eigenvalue weighted by Crippen LogP contribution is -2.32. The highest BCUT2D eigenvalue weighted by Crippen LogP contribution is 2.21. The van der Waals surface area contributed by atoms with Crippen molar-refractivity contribution in [3.8, 4) is 11.5 Å². The van der Waals surface area contributed by atoms with E-state index in [1.165, 1.54) is 24.3 Å². The van der Waals surface area contributed by atoms with Gasteiger partial charge in [-0.2, -0.15) is 13.2 Å². The van der Waals surface area contributed by atoms with Gasteiger partial charge in [0.1, 0.15) is 18.1 Å². The summed E-state index contributed by atoms with van der Waals surface area (Å²) in [5.74, 6) is 0.582. The average Bonchev–Trinajstić information content (AvgIpc) is 2.57. The second kappa shape index (κ2) is 9.19. The molecule has 0 atom stereocenters. The van der Waals surface area contributed by atoms with Gasteiger partial charge in [-0.05, 0) is 30.3 Å². The number of carbonyl (C=O) groups is 1. The lowest BCUT2D eigenvalue weighted by molar-refractivity contribution is -0.153. The van der Waals surface area contributed by atoms with Crippen molar-refractivity contribution in [2.45, 2.75) is 6.18 Å². The van der Waals surface area contributed by atoms with E-state index in [0.717, 1.165) is 0 Å². The molecule has 0 aliphatic heterocycles. The Bertz CT molecular complexity index is 741. The van der Waals surface area contributed by atoms with Gasteiger partial charge in [-0.3, -0.25) is 0 Å². The third-order valence-electron chi connectivity index (χ3n) is 2.95. The van der Waals surface area contributed by atoms with Crippen LogP contribution in [0.25, 0.3) is 0 Å². The first-order valence-electron chi connectivity index (χ1n) is 7.55. The van der Waals surface area contributed by atoms with Gasteiger partial charge in [0.2, 0.25) is 0 Å². The number of halogens is 4. The standard InChI is InChI=1S/C17H16ClF3N2O3/c18-12-3-1-5-14(9-12)25-8-7-22-16(24)23-13-4-2-6-15(10-13)26-11-17(19,20)21/h1-6,9-10H,7-8,11H2,(H2,22,23,24). The Kier molecular flexibility index (Phi) is 6.97. The number of urea groups is 1. The summed E-state index contributed by atoms with van der Waals surface area (Å²) in [4.78, 5) is 11.8. The van der Waals surface area contributed by atoms with Crippen LogP contribution in [0.3, 0.4) is 0 Å². The number of ether oxygens (including phenoxy) is 2. The van der Waals surface area contributed by atoms with E-state index in [9.17, 15) is 18.0 Å². The summed E-state index contributed by atoms with van der Waals surface area (Å²) < 4.78 is 46.5. The first-order valence-corrected chi connectivity index (χ1v) is 7.92. The zero-order chi connectivity index (χ0) is 19.0. The minimum absolute atomic E-state index is 0.00409. The highest BCUT2D eigenvalue weighted by atomic mass is 35.5. The molecular weight excluding hydrogens is 373 g/mol. The van der Waals surface area contributed by atoms with E-state index in [0.29, 0.717) is 16.5 Å². The minimum atomic E-state index is -4.43. The summed E-state index contributed by atoms with van der Waals surface area (Å²) in [7, 11) is 0. The van der Waals surface area contributed by atoms with E-state index in [1.807, 2.05) is 0 Å². The van der Waals surface area contributed by atoms with E-state index in [2.05, 4.69) is 15.4 Å². The van der Waals surface area contributed by atoms with Crippen LogP contribution in [0.2, 0.25) is 5.02 Å². The van der Waals surface area contributed by atoms with Crippen molar-refractivity contribution in [3.63, 3.8) is 0 Å². The van der Waals surface area contributed by atoms with Crippen LogP contribution in [0, 0.1) is 0 Å². The van der Waals surface area contributed by atoms with Gasteiger partial charge in [-0.25, -0.2) is 4.79 Å². The molecule has 0 radical (unpaired) electrons. The largest absolute Gasteiger partial charge is 0.492 e. The molecule has 0 aromatic heterocycles. The van der Waals surface area contributed by atoms with Crippen molar-refractivity contribution in [3.05, 3.63) is 53.6 Å². The second-order valence-electron chi connectivity index (χ2n) is 5.12. The van der Waals surface area contributed by atoms with E-state index >= 15 is 0 Å². The molecule has 0 aliphatic rings. The van der Waals surface area contributed by atoms with Gasteiger partial charge in [-0.1, -0.05) is 23.7 Å². The number of rotatable bonds is 7. The van der Waals surface area contributed by atoms with E-state index < -0.39 is 18.8 Å². The molecule has 9 heteroatoms. The molecule has 2 aromatic carbocycles. The highest BCUT2D eigenvalue weighted by Gasteiger charge is 2.28. The molecule has 140 valence electrons. The van der Waals surface area contributed by atoms with Crippen LogP contribution in [0.15, 0.2) is 48.5 Å². The van der Waals surface area contributed by atoms with Crippen LogP contribution in [0.4, 0.5) is 23.7 Å². The zero-order valence-electron chi connectivity index (χ0n) is 13.5. The average molecular weight is 389 g/mol. The molecule has 2 aromatic rings.